The number of ether oxygens (including phenoxy) is 8. The van der Waals surface area contributed by atoms with E-state index in [1.54, 1.807) is 85.0 Å². The summed E-state index contributed by atoms with van der Waals surface area (Å²) in [4.78, 5) is 9.87. The summed E-state index contributed by atoms with van der Waals surface area (Å²) in [5.74, 6) is 2.75. The van der Waals surface area contributed by atoms with Gasteiger partial charge in [-0.05, 0) is 47.5 Å². The van der Waals surface area contributed by atoms with E-state index in [0.717, 1.165) is 0 Å². The Balaban J connectivity index is 0.00000117. The number of methoxy groups -OCH3 is 8. The first kappa shape index (κ1) is 46.1. The molecule has 2 unspecified atom stereocenters. The summed E-state index contributed by atoms with van der Waals surface area (Å²) in [6, 6.07) is 15.5. The highest BCUT2D eigenvalue weighted by Crippen LogP contribution is 2.43. The molecule has 16 nitrogen and oxygen atoms in total. The number of hydrogen-bond acceptors (Lipinski definition) is 15. The van der Waals surface area contributed by atoms with E-state index in [0.29, 0.717) is 68.2 Å². The summed E-state index contributed by atoms with van der Waals surface area (Å²) in [5, 5.41) is 5.55. The van der Waals surface area contributed by atoms with Crippen molar-refractivity contribution in [1.29, 1.82) is 0 Å². The third-order valence-corrected chi connectivity index (χ3v) is 11.1. The smallest absolute Gasteiger partial charge is 0.236 e. The van der Waals surface area contributed by atoms with Crippen molar-refractivity contribution in [2.24, 2.45) is 11.5 Å². The van der Waals surface area contributed by atoms with Crippen LogP contribution < -0.4 is 60.8 Å². The zero-order chi connectivity index (χ0) is 43.2. The van der Waals surface area contributed by atoms with Crippen LogP contribution in [0.5, 0.6) is 46.0 Å². The standard InChI is InChI=1S/C38H44N2O10S.C3H8N2O2/c1-43-25-19-33(47-5)27(34(20-25)48-6)11-15-37(23-9-13-31(45-3)29(39)17-23)51(41,42)38(24-10-14-32(46-4)30(40)18-24)16-12-28-35(49-7)21-26(44-2)22-36(28)50-8;4-2(1-6)3(5)7/h9-22,37-38H,39-40H2,1-8H3;2,6H,1,4H2,(H2,5,7)/b15-11+,16-12+;/t;2-/m.1/s1. The number of nitrogens with two attached hydrogens (primary N) is 4. The number of primary amides is 1. The third kappa shape index (κ3) is 11.0. The lowest BCUT2D eigenvalue weighted by atomic mass is 10.1. The molecule has 0 radical (unpaired) electrons. The Hall–Kier alpha value is -6.30. The van der Waals surface area contributed by atoms with Crippen molar-refractivity contribution < 1.29 is 56.2 Å². The SMILES string of the molecule is COc1cc(OC)c(/C=C/C(c2ccc(OC)c(N)c2)S(=O)(=O)C(/C=C/c2c(OC)cc(OC)cc2OC)c2ccc(OC)c(N)c2)c(OC)c1.NC(=O)[C@H](N)CO. The minimum absolute atomic E-state index is 0.261. The number of benzene rings is 4. The second-order valence-electron chi connectivity index (χ2n) is 12.2. The number of sulfone groups is 1. The number of carbonyl (C=O) groups excluding carboxylic acids is 1. The van der Waals surface area contributed by atoms with Crippen LogP contribution in [0.25, 0.3) is 12.2 Å². The molecule has 0 aliphatic rings. The van der Waals surface area contributed by atoms with Crippen LogP contribution in [0, 0.1) is 0 Å². The Bertz CT molecular complexity index is 2010. The Labute approximate surface area is 338 Å². The first-order valence-corrected chi connectivity index (χ1v) is 19.0. The van der Waals surface area contributed by atoms with E-state index in [1.165, 1.54) is 56.9 Å². The molecule has 4 aromatic rings. The van der Waals surface area contributed by atoms with Crippen LogP contribution in [0.1, 0.15) is 32.8 Å². The summed E-state index contributed by atoms with van der Waals surface area (Å²) in [6.07, 6.45) is 6.40. The molecule has 0 spiro atoms. The number of nitrogen functional groups attached to an aromatic ring is 2. The highest BCUT2D eigenvalue weighted by atomic mass is 32.2. The fourth-order valence-corrected chi connectivity index (χ4v) is 7.65. The lowest BCUT2D eigenvalue weighted by Gasteiger charge is -2.23. The number of carbonyl (C=O) groups is 1. The maximum absolute atomic E-state index is 15.2. The molecule has 0 aromatic heterocycles. The minimum atomic E-state index is -4.27. The van der Waals surface area contributed by atoms with Gasteiger partial charge in [0.2, 0.25) is 5.91 Å². The molecular formula is C41H52N4O12S. The largest absolute Gasteiger partial charge is 0.496 e. The van der Waals surface area contributed by atoms with Crippen molar-refractivity contribution in [1.82, 2.24) is 0 Å². The number of hydrogen-bond donors (Lipinski definition) is 5. The fourth-order valence-electron chi connectivity index (χ4n) is 5.69. The van der Waals surface area contributed by atoms with Crippen LogP contribution in [-0.4, -0.2) is 89.0 Å². The number of rotatable bonds is 18. The first-order chi connectivity index (χ1) is 27.7. The summed E-state index contributed by atoms with van der Waals surface area (Å²) >= 11 is 0. The van der Waals surface area contributed by atoms with Crippen LogP contribution in [0.4, 0.5) is 11.4 Å². The molecule has 0 fully saturated rings. The monoisotopic (exact) mass is 824 g/mol. The van der Waals surface area contributed by atoms with E-state index in [-0.39, 0.29) is 18.0 Å². The molecule has 0 aliphatic carbocycles. The van der Waals surface area contributed by atoms with E-state index in [4.69, 9.17) is 60.2 Å². The summed E-state index contributed by atoms with van der Waals surface area (Å²) in [6.45, 7) is -0.380. The fraction of sp³-hybridized carbons (Fsp3) is 0.293. The molecular weight excluding hydrogens is 773 g/mol. The molecule has 1 amide bonds. The first-order valence-electron chi connectivity index (χ1n) is 17.4. The molecule has 3 atom stereocenters. The Morgan fingerprint density at radius 3 is 1.14 bits per heavy atom. The van der Waals surface area contributed by atoms with E-state index < -0.39 is 32.3 Å². The van der Waals surface area contributed by atoms with Crippen LogP contribution in [0.2, 0.25) is 0 Å². The lowest BCUT2D eigenvalue weighted by Crippen LogP contribution is -2.39. The Morgan fingerprint density at radius 2 is 0.914 bits per heavy atom. The molecule has 314 valence electrons. The van der Waals surface area contributed by atoms with Crippen LogP contribution in [0.3, 0.4) is 0 Å². The van der Waals surface area contributed by atoms with Crippen LogP contribution >= 0.6 is 0 Å². The molecule has 4 aromatic carbocycles. The average Bonchev–Trinajstić information content (AvgIpc) is 3.23. The van der Waals surface area contributed by atoms with Crippen molar-refractivity contribution in [3.63, 3.8) is 0 Å². The zero-order valence-corrected chi connectivity index (χ0v) is 34.5. The number of anilines is 2. The van der Waals surface area contributed by atoms with E-state index in [1.807, 2.05) is 0 Å². The predicted octanol–water partition coefficient (Wildman–Crippen LogP) is 4.34. The van der Waals surface area contributed by atoms with Crippen LogP contribution in [0.15, 0.2) is 72.8 Å². The summed E-state index contributed by atoms with van der Waals surface area (Å²) in [5.41, 5.74) is 24.4. The number of aliphatic hydroxyl groups excluding tert-OH is 1. The maximum atomic E-state index is 15.2. The highest BCUT2D eigenvalue weighted by Gasteiger charge is 2.35. The van der Waals surface area contributed by atoms with Gasteiger partial charge in [0.25, 0.3) is 0 Å². The van der Waals surface area contributed by atoms with Crippen molar-refractivity contribution in [3.8, 4) is 46.0 Å². The normalized spacial score (nSPS) is 12.8. The summed E-state index contributed by atoms with van der Waals surface area (Å²) in [7, 11) is 7.76. The predicted molar refractivity (Wildman–Crippen MR) is 224 cm³/mol. The second kappa shape index (κ2) is 21.3. The van der Waals surface area contributed by atoms with Gasteiger partial charge in [-0.15, -0.1) is 0 Å². The van der Waals surface area contributed by atoms with Gasteiger partial charge in [0, 0.05) is 24.3 Å². The molecule has 0 saturated carbocycles. The Morgan fingerprint density at radius 1 is 0.586 bits per heavy atom. The van der Waals surface area contributed by atoms with Crippen LogP contribution in [-0.2, 0) is 14.6 Å². The molecule has 0 bridgehead atoms. The van der Waals surface area contributed by atoms with Crippen molar-refractivity contribution in [2.45, 2.75) is 16.5 Å². The van der Waals surface area contributed by atoms with E-state index >= 15 is 8.42 Å². The van der Waals surface area contributed by atoms with Gasteiger partial charge in [0.15, 0.2) is 9.84 Å². The van der Waals surface area contributed by atoms with Gasteiger partial charge in [-0.1, -0.05) is 24.3 Å². The number of aliphatic hydroxyl groups is 1. The minimum Gasteiger partial charge on any atom is -0.496 e. The zero-order valence-electron chi connectivity index (χ0n) is 33.7. The second-order valence-corrected chi connectivity index (χ2v) is 14.4. The van der Waals surface area contributed by atoms with Gasteiger partial charge in [-0.3, -0.25) is 4.79 Å². The number of amides is 1. The van der Waals surface area contributed by atoms with Gasteiger partial charge in [-0.25, -0.2) is 8.42 Å². The van der Waals surface area contributed by atoms with Gasteiger partial charge >= 0.3 is 0 Å². The molecule has 4 rings (SSSR count). The molecule has 0 heterocycles. The lowest BCUT2D eigenvalue weighted by molar-refractivity contribution is -0.120. The highest BCUT2D eigenvalue weighted by molar-refractivity contribution is 7.92. The quantitative estimate of drug-likeness (QED) is 0.0876. The molecule has 0 saturated heterocycles. The van der Waals surface area contributed by atoms with Crippen molar-refractivity contribution in [3.05, 3.63) is 95.1 Å². The topological polar surface area (TPSA) is 249 Å². The van der Waals surface area contributed by atoms with Gasteiger partial charge < -0.3 is 65.9 Å². The molecule has 9 N–H and O–H groups in total. The van der Waals surface area contributed by atoms with E-state index in [9.17, 15) is 4.79 Å². The molecule has 0 aliphatic heterocycles. The van der Waals surface area contributed by atoms with Gasteiger partial charge in [0.05, 0.1) is 86.0 Å². The molecule has 58 heavy (non-hydrogen) atoms. The Kier molecular flexibility index (Phi) is 16.9. The van der Waals surface area contributed by atoms with Crippen molar-refractivity contribution in [2.75, 3.05) is 75.0 Å². The molecule has 17 heteroatoms. The van der Waals surface area contributed by atoms with Crippen molar-refractivity contribution >= 4 is 39.3 Å². The summed E-state index contributed by atoms with van der Waals surface area (Å²) < 4.78 is 74.5. The third-order valence-electron chi connectivity index (χ3n) is 8.82. The van der Waals surface area contributed by atoms with Gasteiger partial charge in [-0.2, -0.15) is 0 Å². The van der Waals surface area contributed by atoms with Gasteiger partial charge in [0.1, 0.15) is 62.5 Å². The maximum Gasteiger partial charge on any atom is 0.236 e. The average molecular weight is 825 g/mol. The van der Waals surface area contributed by atoms with E-state index in [2.05, 4.69) is 5.73 Å².